The molecule has 0 aromatic rings. The Kier molecular flexibility index (Phi) is 5.31. The summed E-state index contributed by atoms with van der Waals surface area (Å²) in [6.07, 6.45) is 0. The summed E-state index contributed by atoms with van der Waals surface area (Å²) in [5.74, 6) is 0. The Hall–Kier alpha value is 0.320. The van der Waals surface area contributed by atoms with Gasteiger partial charge in [-0.15, -0.1) is 0 Å². The molecule has 0 atom stereocenters. The van der Waals surface area contributed by atoms with Crippen molar-refractivity contribution in [3.05, 3.63) is 0 Å². The van der Waals surface area contributed by atoms with Crippen LogP contribution in [0, 0.1) is 0 Å². The highest BCUT2D eigenvalue weighted by Gasteiger charge is 2.10. The van der Waals surface area contributed by atoms with Crippen LogP contribution in [0.1, 0.15) is 0 Å². The maximum atomic E-state index is 8.24. The van der Waals surface area contributed by atoms with E-state index in [1.54, 1.807) is 0 Å². The smallest absolute Gasteiger partial charge is 0.427 e. The molecule has 0 aliphatic carbocycles. The highest BCUT2D eigenvalue weighted by atomic mass is 32.2. The Morgan fingerprint density at radius 2 is 1.22 bits per heavy atom. The Morgan fingerprint density at radius 1 is 0.889 bits per heavy atom. The highest BCUT2D eigenvalue weighted by molar-refractivity contribution is 8.01. The van der Waals surface area contributed by atoms with Crippen LogP contribution in [0.2, 0.25) is 0 Å². The molecule has 0 aromatic carbocycles. The zero-order valence-corrected chi connectivity index (χ0v) is 5.58. The minimum Gasteiger partial charge on any atom is -0.427 e. The summed E-state index contributed by atoms with van der Waals surface area (Å²) in [5, 5.41) is 32.9. The van der Waals surface area contributed by atoms with Gasteiger partial charge in [0.25, 0.3) is 0 Å². The van der Waals surface area contributed by atoms with E-state index in [0.717, 1.165) is 11.8 Å². The molecule has 52 valence electrons. The van der Waals surface area contributed by atoms with Crippen molar-refractivity contribution >= 4 is 26.0 Å². The number of hydrogen-bond acceptors (Lipinski definition) is 5. The predicted molar refractivity (Wildman–Crippen MR) is 37.7 cm³/mol. The first-order valence-corrected chi connectivity index (χ1v) is 3.58. The van der Waals surface area contributed by atoms with E-state index in [9.17, 15) is 0 Å². The zero-order chi connectivity index (χ0) is 7.28. The van der Waals surface area contributed by atoms with E-state index < -0.39 is 14.2 Å². The van der Waals surface area contributed by atoms with Crippen LogP contribution in [0.3, 0.4) is 0 Å². The van der Waals surface area contributed by atoms with Gasteiger partial charge in [-0.1, -0.05) is 0 Å². The molecule has 0 aliphatic heterocycles. The van der Waals surface area contributed by atoms with Gasteiger partial charge >= 0.3 is 14.2 Å². The van der Waals surface area contributed by atoms with E-state index in [-0.39, 0.29) is 11.3 Å². The van der Waals surface area contributed by atoms with Gasteiger partial charge in [-0.05, 0) is 0 Å². The van der Waals surface area contributed by atoms with E-state index in [1.165, 1.54) is 0 Å². The quantitative estimate of drug-likeness (QED) is 0.340. The summed E-state index contributed by atoms with van der Waals surface area (Å²) >= 11 is 1.07. The first-order valence-electron chi connectivity index (χ1n) is 2.43. The van der Waals surface area contributed by atoms with Crippen molar-refractivity contribution in [3.8, 4) is 0 Å². The first-order chi connectivity index (χ1) is 4.13. The van der Waals surface area contributed by atoms with Gasteiger partial charge in [-0.2, -0.15) is 11.8 Å². The van der Waals surface area contributed by atoms with Gasteiger partial charge in [0.05, 0.1) is 0 Å². The second-order valence-corrected chi connectivity index (χ2v) is 2.57. The summed E-state index contributed by atoms with van der Waals surface area (Å²) in [6, 6.07) is 0. The lowest BCUT2D eigenvalue weighted by atomic mass is 9.97. The molecule has 0 radical (unpaired) electrons. The lowest BCUT2D eigenvalue weighted by molar-refractivity contribution is 0.415. The average Bonchev–Trinajstić information content (AvgIpc) is 1.63. The van der Waals surface area contributed by atoms with Crippen molar-refractivity contribution in [3.63, 3.8) is 0 Å². The minimum atomic E-state index is -1.37. The molecular weight excluding hydrogens is 142 g/mol. The molecule has 0 spiro atoms. The Bertz CT molecular complexity index is 61.6. The molecule has 7 heteroatoms. The van der Waals surface area contributed by atoms with Crippen LogP contribution in [0.5, 0.6) is 0 Å². The third-order valence-electron chi connectivity index (χ3n) is 0.534. The van der Waals surface area contributed by atoms with Crippen molar-refractivity contribution in [2.75, 3.05) is 11.3 Å². The van der Waals surface area contributed by atoms with Gasteiger partial charge < -0.3 is 20.1 Å². The monoisotopic (exact) mass is 150 g/mol. The predicted octanol–water partition coefficient (Wildman–Crippen LogP) is -2.26. The second kappa shape index (κ2) is 5.13. The molecule has 0 unspecified atom stereocenters. The van der Waals surface area contributed by atoms with Crippen LogP contribution < -0.4 is 0 Å². The molecule has 4 nitrogen and oxygen atoms in total. The van der Waals surface area contributed by atoms with Gasteiger partial charge in [0, 0.05) is 11.3 Å². The Balaban J connectivity index is 2.91. The van der Waals surface area contributed by atoms with Gasteiger partial charge in [-0.3, -0.25) is 0 Å². The molecule has 4 N–H and O–H groups in total. The normalized spacial score (nSPS) is 9.33. The van der Waals surface area contributed by atoms with Crippen LogP contribution in [0.25, 0.3) is 0 Å². The van der Waals surface area contributed by atoms with Gasteiger partial charge in [0.1, 0.15) is 0 Å². The third kappa shape index (κ3) is 8.32. The van der Waals surface area contributed by atoms with Crippen LogP contribution >= 0.6 is 11.8 Å². The van der Waals surface area contributed by atoms with Gasteiger partial charge in [0.15, 0.2) is 0 Å². The van der Waals surface area contributed by atoms with Crippen LogP contribution in [0.15, 0.2) is 0 Å². The molecule has 0 heterocycles. The largest absolute Gasteiger partial charge is 0.461 e. The van der Waals surface area contributed by atoms with Gasteiger partial charge in [-0.25, -0.2) is 0 Å². The SMILES string of the molecule is OB(O)CSCB(O)O. The highest BCUT2D eigenvalue weighted by Crippen LogP contribution is 1.98. The first kappa shape index (κ1) is 9.32. The van der Waals surface area contributed by atoms with E-state index in [4.69, 9.17) is 20.1 Å². The topological polar surface area (TPSA) is 80.9 Å². The maximum absolute atomic E-state index is 8.24. The van der Waals surface area contributed by atoms with Crippen LogP contribution in [-0.4, -0.2) is 45.6 Å². The fourth-order valence-electron chi connectivity index (χ4n) is 0.279. The van der Waals surface area contributed by atoms with Crippen molar-refractivity contribution < 1.29 is 20.1 Å². The molecule has 0 saturated carbocycles. The minimum absolute atomic E-state index is 0.109. The molecule has 0 saturated heterocycles. The second-order valence-electron chi connectivity index (χ2n) is 1.50. The van der Waals surface area contributed by atoms with Gasteiger partial charge in [0.2, 0.25) is 0 Å². The lowest BCUT2D eigenvalue weighted by Crippen LogP contribution is -2.20. The summed E-state index contributed by atoms with van der Waals surface area (Å²) in [5.41, 5.74) is 0.218. The van der Waals surface area contributed by atoms with E-state index >= 15 is 0 Å². The van der Waals surface area contributed by atoms with Crippen molar-refractivity contribution in [1.82, 2.24) is 0 Å². The van der Waals surface area contributed by atoms with Crippen molar-refractivity contribution in [1.29, 1.82) is 0 Å². The molecule has 0 bridgehead atoms. The zero-order valence-electron chi connectivity index (χ0n) is 4.77. The molecule has 0 aromatic heterocycles. The fraction of sp³-hybridized carbons (Fsp3) is 1.00. The number of rotatable bonds is 4. The summed E-state index contributed by atoms with van der Waals surface area (Å²) < 4.78 is 0. The molecule has 0 rings (SSSR count). The van der Waals surface area contributed by atoms with E-state index in [2.05, 4.69) is 0 Å². The summed E-state index contributed by atoms with van der Waals surface area (Å²) in [7, 11) is -2.73. The van der Waals surface area contributed by atoms with Crippen molar-refractivity contribution in [2.45, 2.75) is 0 Å². The lowest BCUT2D eigenvalue weighted by Gasteiger charge is -1.97. The molecule has 0 amide bonds. The van der Waals surface area contributed by atoms with Crippen LogP contribution in [0.4, 0.5) is 0 Å². The van der Waals surface area contributed by atoms with E-state index in [1.807, 2.05) is 0 Å². The standard InChI is InChI=1S/C2H8B2O4S/c5-3(6)1-9-2-4(7)8/h5-8H,1-2H2. The Morgan fingerprint density at radius 3 is 1.44 bits per heavy atom. The Labute approximate surface area is 58.2 Å². The maximum Gasteiger partial charge on any atom is 0.461 e. The van der Waals surface area contributed by atoms with Crippen LogP contribution in [-0.2, 0) is 0 Å². The summed E-state index contributed by atoms with van der Waals surface area (Å²) in [4.78, 5) is 0. The number of hydrogen-bond donors (Lipinski definition) is 4. The molecule has 9 heavy (non-hydrogen) atoms. The average molecular weight is 150 g/mol. The molecular formula is C2H8B2O4S. The van der Waals surface area contributed by atoms with E-state index in [0.29, 0.717) is 0 Å². The molecule has 0 fully saturated rings. The third-order valence-corrected chi connectivity index (χ3v) is 1.60. The fourth-order valence-corrected chi connectivity index (χ4v) is 0.837. The molecule has 0 aliphatic rings. The van der Waals surface area contributed by atoms with Crippen molar-refractivity contribution in [2.24, 2.45) is 0 Å². The summed E-state index contributed by atoms with van der Waals surface area (Å²) in [6.45, 7) is 0. The number of thioether (sulfide) groups is 1.